The molecule has 21 heavy (non-hydrogen) atoms. The molecule has 0 spiro atoms. The zero-order valence-corrected chi connectivity index (χ0v) is 12.7. The number of nitrogens with zero attached hydrogens (tertiary/aromatic N) is 2. The molecule has 1 heterocycles. The molecule has 0 saturated heterocycles. The van der Waals surface area contributed by atoms with Crippen molar-refractivity contribution in [2.45, 2.75) is 51.5 Å². The summed E-state index contributed by atoms with van der Waals surface area (Å²) in [4.78, 5) is 4.06. The van der Waals surface area contributed by atoms with E-state index in [0.717, 1.165) is 23.4 Å². The van der Waals surface area contributed by atoms with E-state index in [1.54, 1.807) is 6.20 Å². The third-order valence-corrected chi connectivity index (χ3v) is 6.26. The Hall–Kier alpha value is -1.56. The number of hydrogen-bond donors (Lipinski definition) is 1. The van der Waals surface area contributed by atoms with Crippen LogP contribution in [0.4, 0.5) is 5.69 Å². The lowest BCUT2D eigenvalue weighted by atomic mass is 9.48. The van der Waals surface area contributed by atoms with Gasteiger partial charge in [-0.25, -0.2) is 4.98 Å². The summed E-state index contributed by atoms with van der Waals surface area (Å²) in [7, 11) is 0. The molecule has 3 heteroatoms. The van der Waals surface area contributed by atoms with Gasteiger partial charge in [0.05, 0.1) is 0 Å². The minimum Gasteiger partial charge on any atom is -0.382 e. The second kappa shape index (κ2) is 4.73. The predicted octanol–water partition coefficient (Wildman–Crippen LogP) is 3.97. The largest absolute Gasteiger partial charge is 0.382 e. The molecule has 4 bridgehead atoms. The molecule has 1 N–H and O–H groups in total. The SMILES string of the molecule is CC(Nc1ccnc(C#N)c1)C12CC3CC(CC(C3)C1)C2. The molecule has 110 valence electrons. The van der Waals surface area contributed by atoms with Gasteiger partial charge < -0.3 is 5.32 Å². The van der Waals surface area contributed by atoms with Crippen LogP contribution >= 0.6 is 0 Å². The van der Waals surface area contributed by atoms with Gasteiger partial charge in [0.2, 0.25) is 0 Å². The Balaban J connectivity index is 1.54. The molecule has 0 radical (unpaired) electrons. The van der Waals surface area contributed by atoms with Gasteiger partial charge in [-0.1, -0.05) is 0 Å². The van der Waals surface area contributed by atoms with Crippen LogP contribution in [-0.4, -0.2) is 11.0 Å². The Morgan fingerprint density at radius 3 is 2.43 bits per heavy atom. The van der Waals surface area contributed by atoms with Crippen LogP contribution < -0.4 is 5.32 Å². The highest BCUT2D eigenvalue weighted by Crippen LogP contribution is 2.61. The molecule has 5 rings (SSSR count). The van der Waals surface area contributed by atoms with Gasteiger partial charge in [-0.3, -0.25) is 0 Å². The highest BCUT2D eigenvalue weighted by Gasteiger charge is 2.53. The fraction of sp³-hybridized carbons (Fsp3) is 0.667. The van der Waals surface area contributed by atoms with Gasteiger partial charge in [-0.15, -0.1) is 0 Å². The average Bonchev–Trinajstić information content (AvgIpc) is 2.46. The van der Waals surface area contributed by atoms with Crippen molar-refractivity contribution in [1.82, 2.24) is 4.98 Å². The summed E-state index contributed by atoms with van der Waals surface area (Å²) < 4.78 is 0. The minimum atomic E-state index is 0.486. The number of nitrogens with one attached hydrogen (secondary N) is 1. The molecule has 4 aliphatic carbocycles. The summed E-state index contributed by atoms with van der Waals surface area (Å²) in [5, 5.41) is 12.7. The molecule has 1 aromatic rings. The molecule has 0 amide bonds. The van der Waals surface area contributed by atoms with E-state index in [9.17, 15) is 0 Å². The van der Waals surface area contributed by atoms with Crippen molar-refractivity contribution in [2.75, 3.05) is 5.32 Å². The average molecular weight is 281 g/mol. The van der Waals surface area contributed by atoms with Gasteiger partial charge in [0.1, 0.15) is 11.8 Å². The number of nitriles is 1. The van der Waals surface area contributed by atoms with Gasteiger partial charge in [0.15, 0.2) is 0 Å². The topological polar surface area (TPSA) is 48.7 Å². The van der Waals surface area contributed by atoms with Gasteiger partial charge in [0, 0.05) is 17.9 Å². The van der Waals surface area contributed by atoms with Gasteiger partial charge in [0.25, 0.3) is 0 Å². The van der Waals surface area contributed by atoms with E-state index in [4.69, 9.17) is 5.26 Å². The lowest BCUT2D eigenvalue weighted by Crippen LogP contribution is -2.52. The van der Waals surface area contributed by atoms with Crippen LogP contribution in [0.15, 0.2) is 18.3 Å². The van der Waals surface area contributed by atoms with Crippen LogP contribution in [0.2, 0.25) is 0 Å². The van der Waals surface area contributed by atoms with Gasteiger partial charge >= 0.3 is 0 Å². The summed E-state index contributed by atoms with van der Waals surface area (Å²) in [5.74, 6) is 2.94. The van der Waals surface area contributed by atoms with Crippen molar-refractivity contribution < 1.29 is 0 Å². The molecular weight excluding hydrogens is 258 g/mol. The molecule has 1 unspecified atom stereocenters. The van der Waals surface area contributed by atoms with Gasteiger partial charge in [-0.05, 0) is 80.8 Å². The van der Waals surface area contributed by atoms with Crippen LogP contribution in [0.25, 0.3) is 0 Å². The minimum absolute atomic E-state index is 0.486. The fourth-order valence-electron chi connectivity index (χ4n) is 5.69. The highest BCUT2D eigenvalue weighted by atomic mass is 14.9. The summed E-state index contributed by atoms with van der Waals surface area (Å²) in [6.07, 6.45) is 10.4. The lowest BCUT2D eigenvalue weighted by Gasteiger charge is -2.59. The van der Waals surface area contributed by atoms with E-state index >= 15 is 0 Å². The Labute approximate surface area is 126 Å². The van der Waals surface area contributed by atoms with Crippen molar-refractivity contribution in [3.63, 3.8) is 0 Å². The second-order valence-corrected chi connectivity index (χ2v) is 7.69. The molecule has 0 aromatic carbocycles. The second-order valence-electron chi connectivity index (χ2n) is 7.69. The molecule has 3 nitrogen and oxygen atoms in total. The van der Waals surface area contributed by atoms with Crippen LogP contribution in [0.3, 0.4) is 0 Å². The number of rotatable bonds is 3. The first kappa shape index (κ1) is 13.1. The monoisotopic (exact) mass is 281 g/mol. The number of pyridine rings is 1. The molecule has 4 fully saturated rings. The zero-order chi connectivity index (χ0) is 14.4. The van der Waals surface area contributed by atoms with Crippen LogP contribution in [0.1, 0.15) is 51.1 Å². The van der Waals surface area contributed by atoms with Crippen molar-refractivity contribution >= 4 is 5.69 Å². The number of aromatic nitrogens is 1. The van der Waals surface area contributed by atoms with E-state index in [1.165, 1.54) is 38.5 Å². The maximum Gasteiger partial charge on any atom is 0.142 e. The summed E-state index contributed by atoms with van der Waals surface area (Å²) in [5.41, 5.74) is 2.03. The van der Waals surface area contributed by atoms with Crippen molar-refractivity contribution in [3.05, 3.63) is 24.0 Å². The quantitative estimate of drug-likeness (QED) is 0.912. The maximum atomic E-state index is 8.99. The first-order valence-corrected chi connectivity index (χ1v) is 8.29. The summed E-state index contributed by atoms with van der Waals surface area (Å²) in [6, 6.07) is 6.47. The maximum absolute atomic E-state index is 8.99. The first-order valence-electron chi connectivity index (χ1n) is 8.29. The van der Waals surface area contributed by atoms with Crippen molar-refractivity contribution in [2.24, 2.45) is 23.2 Å². The zero-order valence-electron chi connectivity index (χ0n) is 12.7. The predicted molar refractivity (Wildman–Crippen MR) is 82.6 cm³/mol. The molecule has 0 aliphatic heterocycles. The normalized spacial score (nSPS) is 38.0. The Morgan fingerprint density at radius 1 is 1.24 bits per heavy atom. The van der Waals surface area contributed by atoms with Crippen molar-refractivity contribution in [3.8, 4) is 6.07 Å². The Morgan fingerprint density at radius 2 is 1.86 bits per heavy atom. The van der Waals surface area contributed by atoms with E-state index in [-0.39, 0.29) is 0 Å². The fourth-order valence-corrected chi connectivity index (χ4v) is 5.69. The summed E-state index contributed by atoms with van der Waals surface area (Å²) in [6.45, 7) is 2.35. The standard InChI is InChI=1S/C18H23N3/c1-12(21-16-2-3-20-17(7-16)11-19)18-8-13-4-14(9-18)6-15(5-13)10-18/h2-3,7,12-15H,4-6,8-10H2,1H3,(H,20,21). The van der Waals surface area contributed by atoms with E-state index in [1.807, 2.05) is 12.1 Å². The van der Waals surface area contributed by atoms with E-state index < -0.39 is 0 Å². The van der Waals surface area contributed by atoms with Crippen LogP contribution in [-0.2, 0) is 0 Å². The highest BCUT2D eigenvalue weighted by molar-refractivity contribution is 5.47. The van der Waals surface area contributed by atoms with E-state index in [2.05, 4.69) is 23.3 Å². The molecule has 4 saturated carbocycles. The molecule has 1 aromatic heterocycles. The summed E-state index contributed by atoms with van der Waals surface area (Å²) >= 11 is 0. The first-order chi connectivity index (χ1) is 10.2. The smallest absolute Gasteiger partial charge is 0.142 e. The third-order valence-electron chi connectivity index (χ3n) is 6.26. The van der Waals surface area contributed by atoms with Crippen LogP contribution in [0, 0.1) is 34.5 Å². The Bertz CT molecular complexity index is 551. The third kappa shape index (κ3) is 2.21. The lowest BCUT2D eigenvalue weighted by molar-refractivity contribution is -0.0602. The van der Waals surface area contributed by atoms with E-state index in [0.29, 0.717) is 17.2 Å². The number of anilines is 1. The van der Waals surface area contributed by atoms with Crippen molar-refractivity contribution in [1.29, 1.82) is 5.26 Å². The van der Waals surface area contributed by atoms with Crippen LogP contribution in [0.5, 0.6) is 0 Å². The molecule has 1 atom stereocenters. The number of hydrogen-bond acceptors (Lipinski definition) is 3. The Kier molecular flexibility index (Phi) is 2.96. The molecular formula is C18H23N3. The van der Waals surface area contributed by atoms with Gasteiger partial charge in [-0.2, -0.15) is 5.26 Å². The molecule has 4 aliphatic rings.